The number of rotatable bonds is 9. The van der Waals surface area contributed by atoms with Crippen LogP contribution in [-0.4, -0.2) is 26.5 Å². The lowest BCUT2D eigenvalue weighted by atomic mass is 9.92. The first-order chi connectivity index (χ1) is 17.5. The van der Waals surface area contributed by atoms with Crippen molar-refractivity contribution in [1.82, 2.24) is 14.9 Å². The molecule has 3 rings (SSSR count). The largest absolute Gasteiger partial charge is 0.481 e. The molecule has 7 heteroatoms. The van der Waals surface area contributed by atoms with E-state index in [1.165, 1.54) is 16.8 Å². The highest BCUT2D eigenvalue weighted by Gasteiger charge is 2.27. The van der Waals surface area contributed by atoms with Crippen LogP contribution in [0.5, 0.6) is 0 Å². The summed E-state index contributed by atoms with van der Waals surface area (Å²) in [7, 11) is 0. The molecule has 0 aliphatic carbocycles. The quantitative estimate of drug-likeness (QED) is 0.414. The lowest BCUT2D eigenvalue weighted by Crippen LogP contribution is -2.40. The summed E-state index contributed by atoms with van der Waals surface area (Å²) in [5.74, 6) is 1.23. The molecule has 2 N–H and O–H groups in total. The molecule has 37 heavy (non-hydrogen) atoms. The molecule has 0 spiro atoms. The molecule has 2 heterocycles. The summed E-state index contributed by atoms with van der Waals surface area (Å²) in [6.45, 7) is 9.69. The number of aromatic nitrogens is 2. The van der Waals surface area contributed by atoms with Crippen molar-refractivity contribution in [3.63, 3.8) is 0 Å². The second-order valence-electron chi connectivity index (χ2n) is 9.83. The first-order valence-corrected chi connectivity index (χ1v) is 12.3. The Hall–Kier alpha value is -4.18. The Morgan fingerprint density at radius 3 is 2.38 bits per heavy atom. The number of carbonyl (C=O) groups excluding carboxylic acids is 1. The van der Waals surface area contributed by atoms with E-state index < -0.39 is 24.0 Å². The highest BCUT2D eigenvalue weighted by Crippen LogP contribution is 2.32. The van der Waals surface area contributed by atoms with Gasteiger partial charge in [0.15, 0.2) is 0 Å². The van der Waals surface area contributed by atoms with Gasteiger partial charge in [-0.15, -0.1) is 6.42 Å². The number of carboxylic acids is 1. The van der Waals surface area contributed by atoms with Crippen molar-refractivity contribution in [3.05, 3.63) is 87.1 Å². The maximum absolute atomic E-state index is 13.6. The number of hydrogen-bond donors (Lipinski definition) is 2. The van der Waals surface area contributed by atoms with Gasteiger partial charge < -0.3 is 15.0 Å². The molecule has 0 aliphatic rings. The SMILES string of the molecule is C#Cc1ncc([C@@H](CC(=O)O)NC(=O)[C@H](CC(C)C)n2ccc(C)cc2=O)cc1-c1c(C)cccc1C. The number of aryl methyl sites for hydroxylation is 3. The van der Waals surface area contributed by atoms with Gasteiger partial charge in [0, 0.05) is 24.0 Å². The summed E-state index contributed by atoms with van der Waals surface area (Å²) in [6, 6.07) is 9.30. The van der Waals surface area contributed by atoms with E-state index in [0.29, 0.717) is 23.2 Å². The van der Waals surface area contributed by atoms with Gasteiger partial charge in [-0.1, -0.05) is 32.0 Å². The number of terminal acetylenes is 1. The summed E-state index contributed by atoms with van der Waals surface area (Å²) in [6.07, 6.45) is 8.92. The van der Waals surface area contributed by atoms with Gasteiger partial charge in [0.1, 0.15) is 11.7 Å². The van der Waals surface area contributed by atoms with Crippen molar-refractivity contribution in [3.8, 4) is 23.5 Å². The van der Waals surface area contributed by atoms with Gasteiger partial charge in [-0.05, 0) is 79.0 Å². The fourth-order valence-electron chi connectivity index (χ4n) is 4.55. The Labute approximate surface area is 217 Å². The summed E-state index contributed by atoms with van der Waals surface area (Å²) in [5.41, 5.74) is 5.11. The molecular weight excluding hydrogens is 466 g/mol. The Morgan fingerprint density at radius 1 is 1.14 bits per heavy atom. The van der Waals surface area contributed by atoms with Crippen LogP contribution in [-0.2, 0) is 9.59 Å². The number of carboxylic acid groups (broad SMARTS) is 1. The van der Waals surface area contributed by atoms with Gasteiger partial charge in [0.25, 0.3) is 5.56 Å². The molecule has 0 saturated heterocycles. The van der Waals surface area contributed by atoms with Crippen molar-refractivity contribution in [1.29, 1.82) is 0 Å². The van der Waals surface area contributed by atoms with Gasteiger partial charge in [-0.3, -0.25) is 14.4 Å². The number of aliphatic carboxylic acids is 1. The minimum atomic E-state index is -1.08. The molecule has 0 aliphatic heterocycles. The Kier molecular flexibility index (Phi) is 8.67. The molecule has 0 radical (unpaired) electrons. The van der Waals surface area contributed by atoms with E-state index in [1.807, 2.05) is 52.8 Å². The highest BCUT2D eigenvalue weighted by molar-refractivity contribution is 5.82. The minimum Gasteiger partial charge on any atom is -0.481 e. The molecule has 0 bridgehead atoms. The topological polar surface area (TPSA) is 101 Å². The summed E-state index contributed by atoms with van der Waals surface area (Å²) in [4.78, 5) is 42.5. The maximum Gasteiger partial charge on any atom is 0.305 e. The number of pyridine rings is 2. The monoisotopic (exact) mass is 499 g/mol. The van der Waals surface area contributed by atoms with Crippen molar-refractivity contribution in [2.24, 2.45) is 5.92 Å². The van der Waals surface area contributed by atoms with Crippen LogP contribution in [0.15, 0.2) is 53.6 Å². The van der Waals surface area contributed by atoms with Crippen molar-refractivity contribution in [2.45, 2.75) is 59.5 Å². The number of hydrogen-bond acceptors (Lipinski definition) is 4. The van der Waals surface area contributed by atoms with Gasteiger partial charge in [0.05, 0.1) is 12.5 Å². The fourth-order valence-corrected chi connectivity index (χ4v) is 4.55. The van der Waals surface area contributed by atoms with Crippen LogP contribution < -0.4 is 10.9 Å². The number of amides is 1. The first kappa shape index (κ1) is 27.4. The predicted octanol–water partition coefficient (Wildman–Crippen LogP) is 4.74. The molecule has 3 aromatic rings. The summed E-state index contributed by atoms with van der Waals surface area (Å²) in [5, 5.41) is 12.5. The molecule has 0 saturated carbocycles. The van der Waals surface area contributed by atoms with E-state index in [1.54, 1.807) is 18.3 Å². The third kappa shape index (κ3) is 6.53. The third-order valence-electron chi connectivity index (χ3n) is 6.33. The Bertz CT molecular complexity index is 1390. The van der Waals surface area contributed by atoms with Crippen LogP contribution in [0, 0.1) is 39.0 Å². The molecule has 2 atom stereocenters. The second kappa shape index (κ2) is 11.7. The van der Waals surface area contributed by atoms with Gasteiger partial charge in [0.2, 0.25) is 5.91 Å². The van der Waals surface area contributed by atoms with E-state index in [2.05, 4.69) is 16.2 Å². The Morgan fingerprint density at radius 2 is 1.81 bits per heavy atom. The third-order valence-corrected chi connectivity index (χ3v) is 6.33. The molecule has 192 valence electrons. The normalized spacial score (nSPS) is 12.6. The molecule has 0 fully saturated rings. The molecule has 2 aromatic heterocycles. The Balaban J connectivity index is 2.06. The first-order valence-electron chi connectivity index (χ1n) is 12.3. The summed E-state index contributed by atoms with van der Waals surface area (Å²) >= 11 is 0. The van der Waals surface area contributed by atoms with Crippen LogP contribution in [0.2, 0.25) is 0 Å². The molecular formula is C30H33N3O4. The second-order valence-corrected chi connectivity index (χ2v) is 9.83. The van der Waals surface area contributed by atoms with E-state index >= 15 is 0 Å². The molecule has 0 unspecified atom stereocenters. The van der Waals surface area contributed by atoms with Crippen molar-refractivity contribution < 1.29 is 14.7 Å². The zero-order chi connectivity index (χ0) is 27.3. The molecule has 1 aromatic carbocycles. The number of nitrogens with one attached hydrogen (secondary N) is 1. The average Bonchev–Trinajstić information content (AvgIpc) is 2.82. The van der Waals surface area contributed by atoms with Crippen LogP contribution in [0.1, 0.15) is 66.7 Å². The van der Waals surface area contributed by atoms with E-state index in [0.717, 1.165) is 22.3 Å². The van der Waals surface area contributed by atoms with E-state index in [-0.39, 0.29) is 17.9 Å². The van der Waals surface area contributed by atoms with Crippen LogP contribution in [0.4, 0.5) is 0 Å². The average molecular weight is 500 g/mol. The van der Waals surface area contributed by atoms with Crippen LogP contribution in [0.25, 0.3) is 11.1 Å². The van der Waals surface area contributed by atoms with E-state index in [9.17, 15) is 19.5 Å². The zero-order valence-corrected chi connectivity index (χ0v) is 21.9. The molecule has 1 amide bonds. The van der Waals surface area contributed by atoms with Crippen molar-refractivity contribution >= 4 is 11.9 Å². The lowest BCUT2D eigenvalue weighted by molar-refractivity contribution is -0.138. The minimum absolute atomic E-state index is 0.120. The number of benzene rings is 1. The molecule has 7 nitrogen and oxygen atoms in total. The van der Waals surface area contributed by atoms with Gasteiger partial charge in [-0.2, -0.15) is 0 Å². The van der Waals surface area contributed by atoms with Crippen LogP contribution in [0.3, 0.4) is 0 Å². The standard InChI is InChI=1S/C30H33N3O4/c1-7-24-23(29-20(5)9-8-10-21(29)6)15-22(17-31-24)25(16-28(35)36)32-30(37)26(13-18(2)3)33-12-11-19(4)14-27(33)34/h1,8-12,14-15,17-18,25-26H,13,16H2,2-6H3,(H,32,37)(H,35,36)/t25-,26+/m1/s1. The van der Waals surface area contributed by atoms with Gasteiger partial charge in [-0.25, -0.2) is 4.98 Å². The smallest absolute Gasteiger partial charge is 0.305 e. The highest BCUT2D eigenvalue weighted by atomic mass is 16.4. The fraction of sp³-hybridized carbons (Fsp3) is 0.333. The zero-order valence-electron chi connectivity index (χ0n) is 21.9. The number of nitrogens with zero attached hydrogens (tertiary/aromatic N) is 2. The van der Waals surface area contributed by atoms with E-state index in [4.69, 9.17) is 6.42 Å². The van der Waals surface area contributed by atoms with Crippen molar-refractivity contribution in [2.75, 3.05) is 0 Å². The summed E-state index contributed by atoms with van der Waals surface area (Å²) < 4.78 is 1.40. The number of carbonyl (C=O) groups is 2. The van der Waals surface area contributed by atoms with Crippen LogP contribution >= 0.6 is 0 Å². The maximum atomic E-state index is 13.6. The lowest BCUT2D eigenvalue weighted by Gasteiger charge is -2.25. The van der Waals surface area contributed by atoms with Gasteiger partial charge >= 0.3 is 5.97 Å². The predicted molar refractivity (Wildman–Crippen MR) is 144 cm³/mol.